The molecule has 0 spiro atoms. The smallest absolute Gasteiger partial charge is 0.278 e. The fraction of sp³-hybridized carbons (Fsp3) is 0.320. The van der Waals surface area contributed by atoms with Crippen LogP contribution in [0.5, 0.6) is 0 Å². The van der Waals surface area contributed by atoms with Gasteiger partial charge in [0.25, 0.3) is 5.91 Å². The summed E-state index contributed by atoms with van der Waals surface area (Å²) in [6.07, 6.45) is 5.00. The molecule has 0 fully saturated rings. The second kappa shape index (κ2) is 11.1. The Morgan fingerprint density at radius 1 is 1.06 bits per heavy atom. The maximum atomic E-state index is 12.8. The van der Waals surface area contributed by atoms with Crippen molar-refractivity contribution in [1.82, 2.24) is 15.0 Å². The van der Waals surface area contributed by atoms with E-state index in [1.54, 1.807) is 30.7 Å². The molecule has 0 aliphatic heterocycles. The number of aliphatic imine (C=N–C) groups is 1. The number of nitrogens with zero attached hydrogens (tertiary/aromatic N) is 4. The minimum atomic E-state index is -0.680. The molecule has 2 heterocycles. The van der Waals surface area contributed by atoms with Gasteiger partial charge in [0, 0.05) is 34.2 Å². The lowest BCUT2D eigenvalue weighted by atomic mass is 9.73. The van der Waals surface area contributed by atoms with E-state index in [-0.39, 0.29) is 23.6 Å². The zero-order valence-corrected chi connectivity index (χ0v) is 21.5. The van der Waals surface area contributed by atoms with Gasteiger partial charge in [-0.05, 0) is 49.1 Å². The minimum Gasteiger partial charge on any atom is -0.386 e. The van der Waals surface area contributed by atoms with Crippen molar-refractivity contribution in [1.29, 1.82) is 0 Å². The van der Waals surface area contributed by atoms with Gasteiger partial charge in [-0.2, -0.15) is 4.99 Å². The first kappa shape index (κ1) is 26.1. The van der Waals surface area contributed by atoms with Gasteiger partial charge in [0.1, 0.15) is 5.84 Å². The van der Waals surface area contributed by atoms with Crippen LogP contribution in [-0.4, -0.2) is 26.7 Å². The van der Waals surface area contributed by atoms with Crippen molar-refractivity contribution in [2.24, 2.45) is 16.6 Å². The molecule has 1 atom stereocenters. The summed E-state index contributed by atoms with van der Waals surface area (Å²) in [5.41, 5.74) is 15.1. The lowest BCUT2D eigenvalue weighted by molar-refractivity contribution is 0.100. The van der Waals surface area contributed by atoms with Crippen LogP contribution in [0.25, 0.3) is 11.3 Å². The van der Waals surface area contributed by atoms with Crippen molar-refractivity contribution in [3.8, 4) is 11.3 Å². The number of benzene rings is 1. The van der Waals surface area contributed by atoms with E-state index in [0.717, 1.165) is 21.2 Å². The summed E-state index contributed by atoms with van der Waals surface area (Å²) in [5.74, 6) is 0.145. The quantitative estimate of drug-likeness (QED) is 0.353. The largest absolute Gasteiger partial charge is 0.386 e. The molecule has 0 aliphatic rings. The number of aromatic nitrogens is 3. The molecular weight excluding hydrogens is 480 g/mol. The molecule has 0 saturated carbocycles. The summed E-state index contributed by atoms with van der Waals surface area (Å²) in [4.78, 5) is 29.6. The molecule has 0 saturated heterocycles. The van der Waals surface area contributed by atoms with Gasteiger partial charge in [-0.1, -0.05) is 55.8 Å². The summed E-state index contributed by atoms with van der Waals surface area (Å²) in [6.45, 7) is 12.0. The van der Waals surface area contributed by atoms with E-state index < -0.39 is 5.41 Å². The third-order valence-corrected chi connectivity index (χ3v) is 6.51. The number of hydrogen-bond donors (Lipinski definition) is 2. The van der Waals surface area contributed by atoms with Crippen molar-refractivity contribution < 1.29 is 4.79 Å². The van der Waals surface area contributed by atoms with Gasteiger partial charge in [0.05, 0.1) is 11.1 Å². The number of aryl methyl sites for hydroxylation is 1. The number of amidine groups is 1. The normalized spacial score (nSPS) is 13.2. The highest BCUT2D eigenvalue weighted by atomic mass is 79.9. The number of amides is 1. The molecule has 3 rings (SSSR count). The second-order valence-electron chi connectivity index (χ2n) is 7.89. The molecule has 1 amide bonds. The maximum absolute atomic E-state index is 12.8. The molecular formula is C25H31BrN6O. The zero-order chi connectivity index (χ0) is 24.8. The van der Waals surface area contributed by atoms with Crippen LogP contribution in [-0.2, 0) is 5.41 Å². The Morgan fingerprint density at radius 2 is 1.70 bits per heavy atom. The van der Waals surface area contributed by atoms with Crippen molar-refractivity contribution in [3.05, 3.63) is 70.1 Å². The van der Waals surface area contributed by atoms with Crippen LogP contribution in [0.3, 0.4) is 0 Å². The minimum absolute atomic E-state index is 0.0707. The molecule has 174 valence electrons. The van der Waals surface area contributed by atoms with Gasteiger partial charge in [-0.3, -0.25) is 9.78 Å². The lowest BCUT2D eigenvalue weighted by Crippen LogP contribution is -2.43. The van der Waals surface area contributed by atoms with Gasteiger partial charge >= 0.3 is 0 Å². The zero-order valence-electron chi connectivity index (χ0n) is 19.9. The molecule has 33 heavy (non-hydrogen) atoms. The second-order valence-corrected chi connectivity index (χ2v) is 8.74. The lowest BCUT2D eigenvalue weighted by Gasteiger charge is -2.33. The van der Waals surface area contributed by atoms with Gasteiger partial charge in [0.2, 0.25) is 5.95 Å². The number of carbonyl (C=O) groups excluding carboxylic acids is 1. The number of hydrogen-bond acceptors (Lipinski definition) is 5. The van der Waals surface area contributed by atoms with Gasteiger partial charge in [0.15, 0.2) is 0 Å². The van der Waals surface area contributed by atoms with E-state index in [0.29, 0.717) is 11.3 Å². The molecule has 0 aliphatic carbocycles. The van der Waals surface area contributed by atoms with Gasteiger partial charge in [-0.25, -0.2) is 9.97 Å². The van der Waals surface area contributed by atoms with E-state index in [4.69, 9.17) is 11.5 Å². The highest BCUT2D eigenvalue weighted by molar-refractivity contribution is 9.10. The highest BCUT2D eigenvalue weighted by Crippen LogP contribution is 2.33. The van der Waals surface area contributed by atoms with Crippen LogP contribution in [0.4, 0.5) is 5.95 Å². The summed E-state index contributed by atoms with van der Waals surface area (Å²) < 4.78 is 0.852. The summed E-state index contributed by atoms with van der Waals surface area (Å²) in [6, 6.07) is 9.18. The monoisotopic (exact) mass is 510 g/mol. The van der Waals surface area contributed by atoms with Crippen molar-refractivity contribution in [3.63, 3.8) is 0 Å². The summed E-state index contributed by atoms with van der Waals surface area (Å²) in [7, 11) is 0. The van der Waals surface area contributed by atoms with Crippen LogP contribution in [0.1, 0.15) is 56.1 Å². The first-order valence-electron chi connectivity index (χ1n) is 10.8. The first-order valence-corrected chi connectivity index (χ1v) is 11.6. The highest BCUT2D eigenvalue weighted by Gasteiger charge is 2.36. The molecule has 0 radical (unpaired) electrons. The van der Waals surface area contributed by atoms with Crippen molar-refractivity contribution in [2.45, 2.75) is 47.0 Å². The Bertz CT molecular complexity index is 1130. The predicted molar refractivity (Wildman–Crippen MR) is 138 cm³/mol. The number of pyridine rings is 1. The van der Waals surface area contributed by atoms with Crippen molar-refractivity contribution >= 4 is 33.6 Å². The van der Waals surface area contributed by atoms with Crippen LogP contribution >= 0.6 is 15.9 Å². The Labute approximate surface area is 203 Å². The van der Waals surface area contributed by atoms with E-state index >= 15 is 0 Å². The SMILES string of the molecule is CC.Cc1ccc(C(=O)N=C(N)C(C)(c2ccc(-c3cnc(N)nc3)nc2)C(C)C)cc1Br. The average molecular weight is 511 g/mol. The Morgan fingerprint density at radius 3 is 2.21 bits per heavy atom. The molecule has 3 aromatic rings. The van der Waals surface area contributed by atoms with Crippen molar-refractivity contribution in [2.75, 3.05) is 5.73 Å². The van der Waals surface area contributed by atoms with Gasteiger partial charge < -0.3 is 11.5 Å². The molecule has 4 N–H and O–H groups in total. The number of anilines is 1. The molecule has 1 unspecified atom stereocenters. The van der Waals surface area contributed by atoms with E-state index in [1.807, 2.05) is 59.7 Å². The fourth-order valence-corrected chi connectivity index (χ4v) is 3.51. The fourth-order valence-electron chi connectivity index (χ4n) is 3.14. The maximum Gasteiger partial charge on any atom is 0.278 e. The number of carbonyl (C=O) groups is 1. The Hall–Kier alpha value is -3.13. The van der Waals surface area contributed by atoms with E-state index in [9.17, 15) is 4.79 Å². The Balaban J connectivity index is 0.00000187. The van der Waals surface area contributed by atoms with E-state index in [2.05, 4.69) is 35.9 Å². The third kappa shape index (κ3) is 5.82. The molecule has 2 aromatic heterocycles. The van der Waals surface area contributed by atoms with Crippen LogP contribution in [0.15, 0.2) is 58.4 Å². The number of nitrogens with two attached hydrogens (primary N) is 2. The van der Waals surface area contributed by atoms with E-state index in [1.165, 1.54) is 0 Å². The Kier molecular flexibility index (Phi) is 8.82. The molecule has 0 bridgehead atoms. The van der Waals surface area contributed by atoms with Crippen LogP contribution in [0, 0.1) is 12.8 Å². The molecule has 7 nitrogen and oxygen atoms in total. The standard InChI is InChI=1S/C23H25BrN6O.C2H6/c1-13(2)23(4,21(25)30-20(31)15-6-5-14(3)18(24)9-15)17-7-8-19(27-12-17)16-10-28-22(26)29-11-16;1-2/h5-13H,1-4H3,(H2,25,30,31)(H2,26,28,29);1-2H3. The van der Waals surface area contributed by atoms with Gasteiger partial charge in [-0.15, -0.1) is 0 Å². The van der Waals surface area contributed by atoms with Crippen LogP contribution in [0.2, 0.25) is 0 Å². The average Bonchev–Trinajstić information content (AvgIpc) is 2.82. The number of nitrogen functional groups attached to an aromatic ring is 1. The number of halogens is 1. The third-order valence-electron chi connectivity index (χ3n) is 5.66. The number of rotatable bonds is 5. The molecule has 8 heteroatoms. The summed E-state index contributed by atoms with van der Waals surface area (Å²) >= 11 is 3.45. The van der Waals surface area contributed by atoms with Crippen LogP contribution < -0.4 is 11.5 Å². The molecule has 1 aromatic carbocycles. The topological polar surface area (TPSA) is 120 Å². The first-order chi connectivity index (χ1) is 15.6. The predicted octanol–water partition coefficient (Wildman–Crippen LogP) is 5.33. The summed E-state index contributed by atoms with van der Waals surface area (Å²) in [5, 5.41) is 0.